The van der Waals surface area contributed by atoms with Gasteiger partial charge in [0.2, 0.25) is 5.78 Å². The zero-order valence-corrected chi connectivity index (χ0v) is 13.5. The Morgan fingerprint density at radius 3 is 2.80 bits per heavy atom. The van der Waals surface area contributed by atoms with Gasteiger partial charge in [-0.2, -0.15) is 5.26 Å². The molecule has 0 amide bonds. The first-order valence-corrected chi connectivity index (χ1v) is 7.33. The number of nitrogens with one attached hydrogen (secondary N) is 1. The molecule has 7 nitrogen and oxygen atoms in total. The van der Waals surface area contributed by atoms with E-state index < -0.39 is 5.97 Å². The fraction of sp³-hybridized carbons (Fsp3) is 0.167. The van der Waals surface area contributed by atoms with Gasteiger partial charge in [0.05, 0.1) is 12.8 Å². The molecule has 7 heteroatoms. The van der Waals surface area contributed by atoms with Crippen LogP contribution in [0.1, 0.15) is 16.1 Å². The average Bonchev–Trinajstić information content (AvgIpc) is 3.17. The third kappa shape index (κ3) is 5.25. The van der Waals surface area contributed by atoms with Gasteiger partial charge >= 0.3 is 5.97 Å². The molecule has 0 spiro atoms. The number of ether oxygens (including phenoxy) is 3. The topological polar surface area (TPSA) is 101 Å². The van der Waals surface area contributed by atoms with Crippen LogP contribution in [-0.4, -0.2) is 37.1 Å². The Labute approximate surface area is 144 Å². The predicted molar refractivity (Wildman–Crippen MR) is 89.2 cm³/mol. The number of Topliss-reactive ketones (excluding diaryl/α,β-unsaturated/α-hetero) is 1. The molecule has 0 saturated heterocycles. The third-order valence-corrected chi connectivity index (χ3v) is 3.14. The van der Waals surface area contributed by atoms with E-state index in [1.54, 1.807) is 36.5 Å². The molecule has 1 aromatic heterocycles. The standard InChI is InChI=1S/C18H16N2O5/c1-23-17-11-13(4-6-16(17)24-10-8-19)5-7-18(22)25-12-15(21)14-3-2-9-20-14/h2-7,9,11,20H,10,12H2,1H3/b7-5+. The number of H-pyrrole nitrogens is 1. The molecule has 0 fully saturated rings. The van der Waals surface area contributed by atoms with Gasteiger partial charge in [0, 0.05) is 12.3 Å². The van der Waals surface area contributed by atoms with Crippen LogP contribution in [0.4, 0.5) is 0 Å². The number of carbonyl (C=O) groups excluding carboxylic acids is 2. The number of aromatic amines is 1. The lowest BCUT2D eigenvalue weighted by atomic mass is 10.2. The summed E-state index contributed by atoms with van der Waals surface area (Å²) < 4.78 is 15.3. The third-order valence-electron chi connectivity index (χ3n) is 3.14. The van der Waals surface area contributed by atoms with Crippen LogP contribution in [0, 0.1) is 11.3 Å². The number of hydrogen-bond acceptors (Lipinski definition) is 6. The van der Waals surface area contributed by atoms with Crippen LogP contribution in [0.3, 0.4) is 0 Å². The molecule has 25 heavy (non-hydrogen) atoms. The van der Waals surface area contributed by atoms with Gasteiger partial charge in [0.15, 0.2) is 24.7 Å². The maximum Gasteiger partial charge on any atom is 0.331 e. The maximum absolute atomic E-state index is 11.7. The number of nitriles is 1. The van der Waals surface area contributed by atoms with Crippen LogP contribution in [0.5, 0.6) is 11.5 Å². The molecule has 2 aromatic rings. The Hall–Kier alpha value is -3.53. The van der Waals surface area contributed by atoms with Gasteiger partial charge in [-0.25, -0.2) is 4.79 Å². The minimum absolute atomic E-state index is 0.0906. The summed E-state index contributed by atoms with van der Waals surface area (Å²) in [5.74, 6) is -0.0795. The van der Waals surface area contributed by atoms with E-state index in [4.69, 9.17) is 19.5 Å². The predicted octanol–water partition coefficient (Wildman–Crippen LogP) is 2.36. The van der Waals surface area contributed by atoms with E-state index in [0.29, 0.717) is 22.8 Å². The van der Waals surface area contributed by atoms with Crippen LogP contribution in [0.15, 0.2) is 42.6 Å². The van der Waals surface area contributed by atoms with Crippen LogP contribution in [-0.2, 0) is 9.53 Å². The quantitative estimate of drug-likeness (QED) is 0.450. The van der Waals surface area contributed by atoms with Gasteiger partial charge in [0.1, 0.15) is 6.07 Å². The number of nitrogens with zero attached hydrogens (tertiary/aromatic N) is 1. The first-order valence-electron chi connectivity index (χ1n) is 7.33. The molecule has 128 valence electrons. The zero-order valence-electron chi connectivity index (χ0n) is 13.5. The zero-order chi connectivity index (χ0) is 18.1. The highest BCUT2D eigenvalue weighted by Crippen LogP contribution is 2.28. The summed E-state index contributed by atoms with van der Waals surface area (Å²) in [5.41, 5.74) is 1.06. The molecule has 0 unspecified atom stereocenters. The molecule has 2 rings (SSSR count). The second-order valence-electron chi connectivity index (χ2n) is 4.81. The van der Waals surface area contributed by atoms with Gasteiger partial charge in [-0.3, -0.25) is 4.79 Å². The molecule has 0 atom stereocenters. The minimum atomic E-state index is -0.635. The molecular weight excluding hydrogens is 324 g/mol. The Bertz CT molecular complexity index is 803. The molecule has 0 saturated carbocycles. The Balaban J connectivity index is 1.93. The fourth-order valence-electron chi connectivity index (χ4n) is 1.95. The van der Waals surface area contributed by atoms with Crippen molar-refractivity contribution < 1.29 is 23.8 Å². The van der Waals surface area contributed by atoms with E-state index in [2.05, 4.69) is 4.98 Å². The molecule has 0 aliphatic heterocycles. The van der Waals surface area contributed by atoms with Crippen molar-refractivity contribution in [3.63, 3.8) is 0 Å². The van der Waals surface area contributed by atoms with Crippen LogP contribution in [0.25, 0.3) is 6.08 Å². The number of esters is 1. The first-order chi connectivity index (χ1) is 12.1. The van der Waals surface area contributed by atoms with Crippen molar-refractivity contribution in [2.75, 3.05) is 20.3 Å². The van der Waals surface area contributed by atoms with E-state index in [0.717, 1.165) is 0 Å². The van der Waals surface area contributed by atoms with E-state index in [-0.39, 0.29) is 19.0 Å². The molecule has 1 aromatic carbocycles. The number of carbonyl (C=O) groups is 2. The molecule has 0 aliphatic carbocycles. The summed E-state index contributed by atoms with van der Waals surface area (Å²) in [6, 6.07) is 10.2. The second-order valence-corrected chi connectivity index (χ2v) is 4.81. The highest BCUT2D eigenvalue weighted by atomic mass is 16.5. The monoisotopic (exact) mass is 340 g/mol. The molecular formula is C18H16N2O5. The maximum atomic E-state index is 11.7. The highest BCUT2D eigenvalue weighted by Gasteiger charge is 2.09. The van der Waals surface area contributed by atoms with Crippen molar-refractivity contribution >= 4 is 17.8 Å². The number of ketones is 1. The van der Waals surface area contributed by atoms with Gasteiger partial charge in [-0.05, 0) is 35.9 Å². The van der Waals surface area contributed by atoms with Crippen molar-refractivity contribution in [2.45, 2.75) is 0 Å². The van der Waals surface area contributed by atoms with E-state index >= 15 is 0 Å². The summed E-state index contributed by atoms with van der Waals surface area (Å²) in [4.78, 5) is 26.1. The Kier molecular flexibility index (Phi) is 6.37. The summed E-state index contributed by atoms with van der Waals surface area (Å²) in [6.45, 7) is -0.430. The second kappa shape index (κ2) is 8.93. The minimum Gasteiger partial charge on any atom is -0.493 e. The van der Waals surface area contributed by atoms with E-state index in [9.17, 15) is 9.59 Å². The largest absolute Gasteiger partial charge is 0.493 e. The summed E-state index contributed by atoms with van der Waals surface area (Å²) >= 11 is 0. The normalized spacial score (nSPS) is 10.2. The molecule has 0 aliphatic rings. The van der Waals surface area contributed by atoms with Gasteiger partial charge in [0.25, 0.3) is 0 Å². The van der Waals surface area contributed by atoms with Crippen molar-refractivity contribution in [3.8, 4) is 17.6 Å². The van der Waals surface area contributed by atoms with Crippen molar-refractivity contribution in [2.24, 2.45) is 0 Å². The Morgan fingerprint density at radius 2 is 2.12 bits per heavy atom. The number of aromatic nitrogens is 1. The van der Waals surface area contributed by atoms with Gasteiger partial charge in [-0.15, -0.1) is 0 Å². The van der Waals surface area contributed by atoms with Crippen molar-refractivity contribution in [1.82, 2.24) is 4.98 Å². The molecule has 1 heterocycles. The van der Waals surface area contributed by atoms with Crippen LogP contribution >= 0.6 is 0 Å². The average molecular weight is 340 g/mol. The van der Waals surface area contributed by atoms with Crippen molar-refractivity contribution in [3.05, 3.63) is 53.9 Å². The van der Waals surface area contributed by atoms with Gasteiger partial charge in [-0.1, -0.05) is 6.07 Å². The summed E-state index contributed by atoms with van der Waals surface area (Å²) in [6.07, 6.45) is 4.36. The fourth-order valence-corrected chi connectivity index (χ4v) is 1.95. The van der Waals surface area contributed by atoms with Gasteiger partial charge < -0.3 is 19.2 Å². The first kappa shape index (κ1) is 17.8. The lowest BCUT2D eigenvalue weighted by Gasteiger charge is -2.08. The number of rotatable bonds is 8. The lowest BCUT2D eigenvalue weighted by molar-refractivity contribution is -0.136. The SMILES string of the molecule is COc1cc(/C=C/C(=O)OCC(=O)c2ccc[nH]2)ccc1OCC#N. The van der Waals surface area contributed by atoms with E-state index in [1.165, 1.54) is 19.3 Å². The number of benzene rings is 1. The number of hydrogen-bond donors (Lipinski definition) is 1. The summed E-state index contributed by atoms with van der Waals surface area (Å²) in [5, 5.41) is 8.54. The van der Waals surface area contributed by atoms with Crippen LogP contribution in [0.2, 0.25) is 0 Å². The smallest absolute Gasteiger partial charge is 0.331 e. The van der Waals surface area contributed by atoms with Crippen LogP contribution < -0.4 is 9.47 Å². The lowest BCUT2D eigenvalue weighted by Crippen LogP contribution is -2.12. The molecule has 0 radical (unpaired) electrons. The van der Waals surface area contributed by atoms with E-state index in [1.807, 2.05) is 6.07 Å². The summed E-state index contributed by atoms with van der Waals surface area (Å²) in [7, 11) is 1.47. The molecule has 0 bridgehead atoms. The Morgan fingerprint density at radius 1 is 1.28 bits per heavy atom. The number of methoxy groups -OCH3 is 1. The molecule has 1 N–H and O–H groups in total. The highest BCUT2D eigenvalue weighted by molar-refractivity contribution is 5.97. The van der Waals surface area contributed by atoms with Crippen molar-refractivity contribution in [1.29, 1.82) is 5.26 Å².